The zero-order chi connectivity index (χ0) is 4.12. The molecule has 0 fully saturated rings. The van der Waals surface area contributed by atoms with Crippen molar-refractivity contribution in [2.75, 3.05) is 5.88 Å². The smallest absolute Gasteiger partial charge is 1.00 e. The van der Waals surface area contributed by atoms with Gasteiger partial charge in [0.1, 0.15) is 0 Å². The Hall–Kier alpha value is 1.42. The third-order valence-corrected chi connectivity index (χ3v) is 0.754. The predicted octanol–water partition coefficient (Wildman–Crippen LogP) is -2.04. The van der Waals surface area contributed by atoms with E-state index < -0.39 is 0 Å². The molecule has 0 N–H and O–H groups in total. The molecule has 0 aromatic rings. The summed E-state index contributed by atoms with van der Waals surface area (Å²) < 4.78 is 0. The van der Waals surface area contributed by atoms with Crippen molar-refractivity contribution in [1.82, 2.24) is 0 Å². The van der Waals surface area contributed by atoms with Gasteiger partial charge in [0.05, 0.1) is 0 Å². The molecule has 7 heavy (non-hydrogen) atoms. The number of halogens is 1. The Balaban J connectivity index is -0.0000000267. The number of hydrogen-bond acceptors (Lipinski definition) is 0. The third-order valence-electron chi connectivity index (χ3n) is 0.487. The molecule has 0 heterocycles. The predicted molar refractivity (Wildman–Crippen MR) is 36.7 cm³/mol. The van der Waals surface area contributed by atoms with Gasteiger partial charge in [0.25, 0.3) is 0 Å². The number of unbranched alkanes of at least 4 members (excludes halogenated alkanes) is 1. The van der Waals surface area contributed by atoms with Crippen LogP contribution in [0.2, 0.25) is 0 Å². The van der Waals surface area contributed by atoms with Crippen LogP contribution in [0.15, 0.2) is 0 Å². The molecule has 0 amide bonds. The Kier molecular flexibility index (Phi) is 35.3. The standard InChI is InChI=1S/C4H9Cl.Al.Li.4H/c1-2-3-4-5;;;;;;/h2-4H2,1H3;;;;;;/q;;+1;;;;-1. The average molecular weight is 131 g/mol. The van der Waals surface area contributed by atoms with Crippen molar-refractivity contribution in [3.05, 3.63) is 0 Å². The van der Waals surface area contributed by atoms with Gasteiger partial charge in [-0.15, -0.1) is 11.6 Å². The van der Waals surface area contributed by atoms with Crippen LogP contribution in [0.5, 0.6) is 0 Å². The first-order valence-corrected chi connectivity index (χ1v) is 2.51. The summed E-state index contributed by atoms with van der Waals surface area (Å²) in [5, 5.41) is 0. The molecule has 0 nitrogen and oxygen atoms in total. The SMILES string of the molecule is CCCCCl.[AlH3].[H-].[Li+]. The van der Waals surface area contributed by atoms with Crippen LogP contribution in [0.3, 0.4) is 0 Å². The average Bonchev–Trinajstić information content (AvgIpc) is 1.41. The van der Waals surface area contributed by atoms with Gasteiger partial charge in [0.15, 0.2) is 17.4 Å². The van der Waals surface area contributed by atoms with Crippen molar-refractivity contribution >= 4 is 29.0 Å². The summed E-state index contributed by atoms with van der Waals surface area (Å²) in [5.41, 5.74) is 0. The van der Waals surface area contributed by atoms with E-state index in [9.17, 15) is 0 Å². The van der Waals surface area contributed by atoms with Gasteiger partial charge in [0.2, 0.25) is 0 Å². The minimum Gasteiger partial charge on any atom is -1.00 e. The van der Waals surface area contributed by atoms with E-state index in [0.717, 1.165) is 12.3 Å². The molecule has 0 aromatic heterocycles. The van der Waals surface area contributed by atoms with Crippen molar-refractivity contribution < 1.29 is 20.3 Å². The van der Waals surface area contributed by atoms with Crippen molar-refractivity contribution in [2.24, 2.45) is 0 Å². The number of rotatable bonds is 2. The molecule has 0 unspecified atom stereocenters. The summed E-state index contributed by atoms with van der Waals surface area (Å²) in [5.74, 6) is 0.816. The summed E-state index contributed by atoms with van der Waals surface area (Å²) in [7, 11) is 0. The normalized spacial score (nSPS) is 6.00. The maximum atomic E-state index is 5.30. The second-order valence-electron chi connectivity index (χ2n) is 1.04. The molecule has 0 saturated carbocycles. The first-order chi connectivity index (χ1) is 2.41. The van der Waals surface area contributed by atoms with E-state index in [-0.39, 0.29) is 37.6 Å². The van der Waals surface area contributed by atoms with Gasteiger partial charge in [-0.3, -0.25) is 0 Å². The van der Waals surface area contributed by atoms with Crippen molar-refractivity contribution in [3.63, 3.8) is 0 Å². The van der Waals surface area contributed by atoms with Crippen LogP contribution in [0.25, 0.3) is 0 Å². The molecule has 40 valence electrons. The monoisotopic (exact) mass is 130 g/mol. The maximum Gasteiger partial charge on any atom is 1.00 e. The van der Waals surface area contributed by atoms with Crippen molar-refractivity contribution in [2.45, 2.75) is 19.8 Å². The fraction of sp³-hybridized carbons (Fsp3) is 1.00. The molecule has 0 radical (unpaired) electrons. The van der Waals surface area contributed by atoms with Gasteiger partial charge in [-0.25, -0.2) is 0 Å². The van der Waals surface area contributed by atoms with E-state index in [1.54, 1.807) is 0 Å². The zero-order valence-electron chi connectivity index (χ0n) is 5.50. The molecule has 0 aliphatic heterocycles. The van der Waals surface area contributed by atoms with Gasteiger partial charge in [0, 0.05) is 5.88 Å². The molecule has 0 bridgehead atoms. The Morgan fingerprint density at radius 2 is 2.00 bits per heavy atom. The molecular weight excluding hydrogens is 117 g/mol. The van der Waals surface area contributed by atoms with Gasteiger partial charge in [-0.1, -0.05) is 13.3 Å². The molecule has 0 spiro atoms. The minimum atomic E-state index is 0. The minimum absolute atomic E-state index is 0. The van der Waals surface area contributed by atoms with Crippen molar-refractivity contribution in [1.29, 1.82) is 0 Å². The fourth-order valence-corrected chi connectivity index (χ4v) is 0.401. The molecular formula is C4H13AlClLi. The van der Waals surface area contributed by atoms with Crippen LogP contribution in [0, 0.1) is 0 Å². The summed E-state index contributed by atoms with van der Waals surface area (Å²) in [4.78, 5) is 0. The summed E-state index contributed by atoms with van der Waals surface area (Å²) in [6.45, 7) is 2.13. The van der Waals surface area contributed by atoms with Crippen LogP contribution < -0.4 is 18.9 Å². The largest absolute Gasteiger partial charge is 1.00 e. The molecule has 0 saturated heterocycles. The van der Waals surface area contributed by atoms with Gasteiger partial charge >= 0.3 is 18.9 Å². The second kappa shape index (κ2) is 15.7. The maximum absolute atomic E-state index is 5.30. The summed E-state index contributed by atoms with van der Waals surface area (Å²) in [6.07, 6.45) is 2.37. The van der Waals surface area contributed by atoms with Crippen molar-refractivity contribution in [3.8, 4) is 0 Å². The van der Waals surface area contributed by atoms with Crippen LogP contribution in [0.1, 0.15) is 21.2 Å². The Bertz CT molecular complexity index is 23.5. The van der Waals surface area contributed by atoms with E-state index in [0.29, 0.717) is 0 Å². The second-order valence-corrected chi connectivity index (χ2v) is 1.42. The first-order valence-electron chi connectivity index (χ1n) is 1.97. The van der Waals surface area contributed by atoms with Gasteiger partial charge in [-0.05, 0) is 6.42 Å². The van der Waals surface area contributed by atoms with E-state index in [2.05, 4.69) is 6.92 Å². The van der Waals surface area contributed by atoms with Crippen LogP contribution in [-0.2, 0) is 0 Å². The van der Waals surface area contributed by atoms with E-state index in [1.165, 1.54) is 6.42 Å². The molecule has 0 aliphatic carbocycles. The van der Waals surface area contributed by atoms with Crippen LogP contribution in [0.4, 0.5) is 0 Å². The third kappa shape index (κ3) is 18.6. The van der Waals surface area contributed by atoms with E-state index >= 15 is 0 Å². The number of hydrogen-bond donors (Lipinski definition) is 0. The molecule has 0 aromatic carbocycles. The summed E-state index contributed by atoms with van der Waals surface area (Å²) >= 11 is 5.30. The van der Waals surface area contributed by atoms with E-state index in [1.807, 2.05) is 0 Å². The van der Waals surface area contributed by atoms with Crippen LogP contribution in [-0.4, -0.2) is 23.2 Å². The fourth-order valence-electron chi connectivity index (χ4n) is 0.134. The molecule has 0 rings (SSSR count). The van der Waals surface area contributed by atoms with Gasteiger partial charge in [-0.2, -0.15) is 0 Å². The first kappa shape index (κ1) is 15.8. The Morgan fingerprint density at radius 1 is 1.57 bits per heavy atom. The topological polar surface area (TPSA) is 0 Å². The molecule has 0 aliphatic rings. The van der Waals surface area contributed by atoms with Gasteiger partial charge < -0.3 is 1.43 Å². The molecule has 3 heteroatoms. The Labute approximate surface area is 74.8 Å². The quantitative estimate of drug-likeness (QED) is 0.299. The number of alkyl halides is 1. The van der Waals surface area contributed by atoms with E-state index in [4.69, 9.17) is 11.6 Å². The zero-order valence-corrected chi connectivity index (χ0v) is 5.26. The molecule has 0 atom stereocenters. The van der Waals surface area contributed by atoms with Crippen LogP contribution >= 0.6 is 11.6 Å². The Morgan fingerprint density at radius 3 is 2.00 bits per heavy atom. The summed E-state index contributed by atoms with van der Waals surface area (Å²) in [6, 6.07) is 0.